The lowest BCUT2D eigenvalue weighted by atomic mass is 9.85. The van der Waals surface area contributed by atoms with Gasteiger partial charge in [-0.05, 0) is 89.9 Å². The number of phosphoric ester groups is 2. The molecule has 0 spiro atoms. The second-order valence-corrected chi connectivity index (χ2v) is 19.1. The third kappa shape index (κ3) is 28.0. The number of aliphatic hydroxyl groups is 4. The number of phosphoric acid groups is 2. The molecule has 0 radical (unpaired) electrons. The zero-order valence-corrected chi connectivity index (χ0v) is 40.6. The van der Waals surface area contributed by atoms with Crippen LogP contribution in [-0.2, 0) is 46.5 Å². The highest BCUT2D eigenvalue weighted by atomic mass is 31.2. The summed E-state index contributed by atoms with van der Waals surface area (Å²) in [7, 11) is -10.7. The Morgan fingerprint density at radius 3 is 1.55 bits per heavy atom. The molecule has 378 valence electrons. The molecule has 19 heteroatoms. The minimum Gasteiger partial charge on any atom is -0.462 e. The third-order valence-electron chi connectivity index (χ3n) is 10.7. The molecule has 1 aliphatic heterocycles. The van der Waals surface area contributed by atoms with Crippen molar-refractivity contribution in [2.24, 2.45) is 0 Å². The number of hydrogen-bond acceptors (Lipinski definition) is 14. The van der Waals surface area contributed by atoms with Crippen LogP contribution < -0.4 is 0 Å². The number of esters is 2. The van der Waals surface area contributed by atoms with Gasteiger partial charge >= 0.3 is 27.6 Å². The molecule has 2 rings (SSSR count). The quantitative estimate of drug-likeness (QED) is 0.0103. The van der Waals surface area contributed by atoms with Crippen LogP contribution in [0, 0.1) is 0 Å². The Morgan fingerprint density at radius 2 is 1.00 bits per heavy atom. The maximum Gasteiger partial charge on any atom is 0.472 e. The minimum atomic E-state index is -5.38. The number of hydrogen-bond donors (Lipinski definition) is 7. The van der Waals surface area contributed by atoms with Gasteiger partial charge in [-0.2, -0.15) is 0 Å². The second kappa shape index (κ2) is 34.6. The van der Waals surface area contributed by atoms with Crippen LogP contribution in [-0.4, -0.2) is 115 Å². The van der Waals surface area contributed by atoms with E-state index in [2.05, 4.69) is 67.0 Å². The van der Waals surface area contributed by atoms with Gasteiger partial charge in [0.15, 0.2) is 6.10 Å². The van der Waals surface area contributed by atoms with Crippen molar-refractivity contribution in [2.75, 3.05) is 13.2 Å². The highest BCUT2D eigenvalue weighted by Crippen LogP contribution is 2.49. The van der Waals surface area contributed by atoms with Crippen molar-refractivity contribution in [1.82, 2.24) is 0 Å². The normalized spacial score (nSPS) is 25.2. The molecule has 0 bridgehead atoms. The molecule has 66 heavy (non-hydrogen) atoms. The molecular weight excluding hydrogens is 898 g/mol. The van der Waals surface area contributed by atoms with Gasteiger partial charge in [0, 0.05) is 12.8 Å². The first-order chi connectivity index (χ1) is 31.6. The molecule has 1 saturated carbocycles. The van der Waals surface area contributed by atoms with Crippen molar-refractivity contribution in [3.05, 3.63) is 72.9 Å². The van der Waals surface area contributed by atoms with Crippen molar-refractivity contribution in [3.8, 4) is 0 Å². The minimum absolute atomic E-state index is 0.0236. The van der Waals surface area contributed by atoms with Crippen LogP contribution in [0.15, 0.2) is 72.9 Å². The van der Waals surface area contributed by atoms with Gasteiger partial charge in [-0.3, -0.25) is 23.2 Å². The number of carbonyl (C=O) groups is 2. The summed E-state index contributed by atoms with van der Waals surface area (Å²) >= 11 is 0. The molecule has 0 aromatic rings. The number of epoxide rings is 1. The summed E-state index contributed by atoms with van der Waals surface area (Å²) < 4.78 is 55.0. The third-order valence-corrected chi connectivity index (χ3v) is 12.2. The molecule has 1 aliphatic carbocycles. The average molecular weight is 977 g/mol. The van der Waals surface area contributed by atoms with E-state index in [0.717, 1.165) is 51.4 Å². The molecule has 7 N–H and O–H groups in total. The predicted octanol–water partition coefficient (Wildman–Crippen LogP) is 7.83. The maximum atomic E-state index is 13.0. The largest absolute Gasteiger partial charge is 0.472 e. The van der Waals surface area contributed by atoms with Gasteiger partial charge in [0.05, 0.1) is 18.8 Å². The molecule has 17 nitrogen and oxygen atoms in total. The molecule has 0 aromatic heterocycles. The number of rotatable bonds is 37. The van der Waals surface area contributed by atoms with E-state index in [-0.39, 0.29) is 25.0 Å². The summed E-state index contributed by atoms with van der Waals surface area (Å²) in [4.78, 5) is 54.3. The molecule has 0 amide bonds. The standard InChI is InChI=1S/C47H78O17P2/c1-3-5-7-9-11-13-14-15-16-17-18-20-22-24-30-34-41(49)61-37(36-60-66(57,58)64-47-44(52)42(50)43(51)46(45(47)53)63-65(54,55)56)35-59-40(48)33-29-26-25-28-32-39-38(62-39)31-27-23-21-19-12-10-8-6-4-2/h11-13,15-16,18-20,23,25,27-28,37-39,42-47,50-53H,3-10,14,17,21-22,24,26,29-36H2,1-2H3,(H,57,58)(H2,54,55,56)/b13-11-,16-15-,19-12-,20-18-,27-23-,28-25-/t37-,38?,39?,42?,43?,44?,45?,46-,47+/m1/s1. The Labute approximate surface area is 391 Å². The van der Waals surface area contributed by atoms with Gasteiger partial charge in [-0.1, -0.05) is 112 Å². The van der Waals surface area contributed by atoms with Crippen LogP contribution in [0.25, 0.3) is 0 Å². The summed E-state index contributed by atoms with van der Waals surface area (Å²) in [6, 6.07) is 0. The van der Waals surface area contributed by atoms with E-state index < -0.39 is 83.5 Å². The van der Waals surface area contributed by atoms with E-state index in [9.17, 15) is 53.8 Å². The van der Waals surface area contributed by atoms with Gasteiger partial charge in [0.25, 0.3) is 0 Å². The van der Waals surface area contributed by atoms with E-state index in [1.54, 1.807) is 0 Å². The molecule has 2 aliphatic rings. The highest BCUT2D eigenvalue weighted by Gasteiger charge is 2.54. The predicted molar refractivity (Wildman–Crippen MR) is 250 cm³/mol. The Bertz CT molecular complexity index is 1620. The van der Waals surface area contributed by atoms with Crippen LogP contribution in [0.5, 0.6) is 0 Å². The van der Waals surface area contributed by atoms with Crippen molar-refractivity contribution >= 4 is 27.6 Å². The summed E-state index contributed by atoms with van der Waals surface area (Å²) in [5.41, 5.74) is 0. The summed E-state index contributed by atoms with van der Waals surface area (Å²) in [5, 5.41) is 41.2. The van der Waals surface area contributed by atoms with E-state index in [1.807, 2.05) is 24.3 Å². The lowest BCUT2D eigenvalue weighted by Crippen LogP contribution is -2.64. The first-order valence-electron chi connectivity index (χ1n) is 23.6. The number of unbranched alkanes of at least 4 members (excludes halogenated alkanes) is 9. The van der Waals surface area contributed by atoms with Crippen LogP contribution in [0.3, 0.4) is 0 Å². The molecule has 10 atom stereocenters. The first kappa shape index (κ1) is 59.5. The monoisotopic (exact) mass is 976 g/mol. The van der Waals surface area contributed by atoms with E-state index in [1.165, 1.54) is 38.5 Å². The summed E-state index contributed by atoms with van der Waals surface area (Å²) in [6.45, 7) is 2.95. The summed E-state index contributed by atoms with van der Waals surface area (Å²) in [6.07, 6.45) is 27.5. The van der Waals surface area contributed by atoms with E-state index in [0.29, 0.717) is 25.7 Å². The Kier molecular flexibility index (Phi) is 31.2. The number of ether oxygens (including phenoxy) is 3. The van der Waals surface area contributed by atoms with Crippen molar-refractivity contribution in [3.63, 3.8) is 0 Å². The number of aliphatic hydroxyl groups excluding tert-OH is 4. The first-order valence-corrected chi connectivity index (χ1v) is 26.6. The number of allylic oxidation sites excluding steroid dienone is 10. The Hall–Kier alpha value is -2.60. The Balaban J connectivity index is 1.85. The fourth-order valence-corrected chi connectivity index (χ4v) is 8.37. The second-order valence-electron chi connectivity index (χ2n) is 16.5. The van der Waals surface area contributed by atoms with Crippen LogP contribution in [0.4, 0.5) is 0 Å². The zero-order valence-electron chi connectivity index (χ0n) is 38.8. The lowest BCUT2D eigenvalue weighted by Gasteiger charge is -2.43. The topological polar surface area (TPSA) is 269 Å². The lowest BCUT2D eigenvalue weighted by molar-refractivity contribution is -0.216. The molecule has 1 saturated heterocycles. The van der Waals surface area contributed by atoms with Crippen molar-refractivity contribution in [1.29, 1.82) is 0 Å². The van der Waals surface area contributed by atoms with Gasteiger partial charge in [-0.25, -0.2) is 9.13 Å². The van der Waals surface area contributed by atoms with Crippen LogP contribution in [0.2, 0.25) is 0 Å². The SMILES string of the molecule is CCCCC/C=C\C/C=C\C/C=C\CCCCC(=O)O[C@H](COC(=O)CCC/C=C\CC1OC1C/C=C\C/C=C\CCCCC)COP(=O)(O)O[C@H]1C(O)C(O)C(O)[C@@H](OP(=O)(O)O)C1O. The molecule has 2 fully saturated rings. The van der Waals surface area contributed by atoms with Gasteiger partial charge in [0.2, 0.25) is 0 Å². The zero-order chi connectivity index (χ0) is 48.6. The van der Waals surface area contributed by atoms with Gasteiger partial charge in [-0.15, -0.1) is 0 Å². The van der Waals surface area contributed by atoms with Gasteiger partial charge < -0.3 is 49.3 Å². The van der Waals surface area contributed by atoms with Crippen molar-refractivity contribution < 1.29 is 81.6 Å². The summed E-state index contributed by atoms with van der Waals surface area (Å²) in [5.74, 6) is -1.33. The highest BCUT2D eigenvalue weighted by molar-refractivity contribution is 7.47. The molecule has 1 heterocycles. The Morgan fingerprint density at radius 1 is 0.545 bits per heavy atom. The fraction of sp³-hybridized carbons (Fsp3) is 0.702. The fourth-order valence-electron chi connectivity index (χ4n) is 6.83. The smallest absolute Gasteiger partial charge is 0.462 e. The van der Waals surface area contributed by atoms with Gasteiger partial charge in [0.1, 0.15) is 43.2 Å². The number of carbonyl (C=O) groups excluding carboxylic acids is 2. The average Bonchev–Trinajstić information content (AvgIpc) is 4.03. The molecule has 7 unspecified atom stereocenters. The van der Waals surface area contributed by atoms with Crippen molar-refractivity contribution in [2.45, 2.75) is 197 Å². The van der Waals surface area contributed by atoms with E-state index in [4.69, 9.17) is 23.3 Å². The van der Waals surface area contributed by atoms with Crippen LogP contribution in [0.1, 0.15) is 142 Å². The molecule has 0 aromatic carbocycles. The van der Waals surface area contributed by atoms with E-state index >= 15 is 0 Å². The maximum absolute atomic E-state index is 13.0. The molecular formula is C47H78O17P2. The van der Waals surface area contributed by atoms with Crippen LogP contribution >= 0.6 is 15.6 Å².